The fraction of sp³-hybridized carbons (Fsp3) is 0.458. The predicted molar refractivity (Wildman–Crippen MR) is 120 cm³/mol. The average Bonchev–Trinajstić information content (AvgIpc) is 2.78. The lowest BCUT2D eigenvalue weighted by Crippen LogP contribution is -2.55. The standard InChI is InChI=1S/C24H30ClN3O/c25-21-8-4-9-22(18-21)26-14-16-27(17-15-26)23-10-5-13-28(19-23)24(29)12-11-20-6-2-1-3-7-20/h1-4,6-9,18,23H,5,10-17,19H2. The molecule has 29 heavy (non-hydrogen) atoms. The molecule has 1 unspecified atom stereocenters. The smallest absolute Gasteiger partial charge is 0.222 e. The van der Waals surface area contributed by atoms with Crippen molar-refractivity contribution in [3.8, 4) is 0 Å². The van der Waals surface area contributed by atoms with Crippen LogP contribution in [0.3, 0.4) is 0 Å². The third-order valence-electron chi connectivity index (χ3n) is 6.22. The average molecular weight is 412 g/mol. The number of aryl methyl sites for hydroxylation is 1. The molecule has 2 fully saturated rings. The molecule has 2 aromatic carbocycles. The lowest BCUT2D eigenvalue weighted by atomic mass is 10.0. The van der Waals surface area contributed by atoms with E-state index >= 15 is 0 Å². The van der Waals surface area contributed by atoms with Crippen molar-refractivity contribution in [1.29, 1.82) is 0 Å². The number of piperidine rings is 1. The fourth-order valence-electron chi connectivity index (χ4n) is 4.55. The van der Waals surface area contributed by atoms with Gasteiger partial charge in [-0.25, -0.2) is 0 Å². The van der Waals surface area contributed by atoms with Gasteiger partial charge in [0.2, 0.25) is 5.91 Å². The van der Waals surface area contributed by atoms with Crippen LogP contribution in [0.2, 0.25) is 5.02 Å². The van der Waals surface area contributed by atoms with E-state index in [0.717, 1.165) is 57.1 Å². The molecule has 0 aliphatic carbocycles. The Kier molecular flexibility index (Phi) is 6.73. The Hall–Kier alpha value is -2.04. The van der Waals surface area contributed by atoms with E-state index in [-0.39, 0.29) is 0 Å². The van der Waals surface area contributed by atoms with Gasteiger partial charge in [0.15, 0.2) is 0 Å². The van der Waals surface area contributed by atoms with Crippen LogP contribution in [0, 0.1) is 0 Å². The molecule has 2 saturated heterocycles. The SMILES string of the molecule is O=C(CCc1ccccc1)N1CCCC(N2CCN(c3cccc(Cl)c3)CC2)C1. The Morgan fingerprint density at radius 2 is 1.76 bits per heavy atom. The van der Waals surface area contributed by atoms with Crippen molar-refractivity contribution in [2.24, 2.45) is 0 Å². The molecule has 5 heteroatoms. The first kappa shape index (κ1) is 20.2. The van der Waals surface area contributed by atoms with Crippen LogP contribution in [0.1, 0.15) is 24.8 Å². The van der Waals surface area contributed by atoms with Crippen LogP contribution in [-0.2, 0) is 11.2 Å². The van der Waals surface area contributed by atoms with Gasteiger partial charge in [-0.05, 0) is 43.0 Å². The van der Waals surface area contributed by atoms with Gasteiger partial charge in [0.25, 0.3) is 0 Å². The van der Waals surface area contributed by atoms with E-state index in [1.807, 2.05) is 36.4 Å². The van der Waals surface area contributed by atoms with Crippen LogP contribution in [0.4, 0.5) is 5.69 Å². The van der Waals surface area contributed by atoms with Gasteiger partial charge in [0.05, 0.1) is 0 Å². The number of nitrogens with zero attached hydrogens (tertiary/aromatic N) is 3. The second kappa shape index (κ2) is 9.64. The fourth-order valence-corrected chi connectivity index (χ4v) is 4.74. The second-order valence-electron chi connectivity index (χ2n) is 8.12. The molecule has 4 nitrogen and oxygen atoms in total. The molecule has 1 amide bonds. The highest BCUT2D eigenvalue weighted by Crippen LogP contribution is 2.23. The molecule has 2 aliphatic heterocycles. The van der Waals surface area contributed by atoms with E-state index in [9.17, 15) is 4.79 Å². The number of piperazine rings is 1. The number of amides is 1. The van der Waals surface area contributed by atoms with Crippen LogP contribution in [-0.4, -0.2) is 61.0 Å². The molecule has 0 aromatic heterocycles. The first-order chi connectivity index (χ1) is 14.2. The Balaban J connectivity index is 1.27. The molecule has 2 heterocycles. The summed E-state index contributed by atoms with van der Waals surface area (Å²) in [4.78, 5) is 19.8. The van der Waals surface area contributed by atoms with Crippen LogP contribution < -0.4 is 4.90 Å². The predicted octanol–water partition coefficient (Wildman–Crippen LogP) is 4.09. The Bertz CT molecular complexity index is 805. The van der Waals surface area contributed by atoms with Gasteiger partial charge in [-0.1, -0.05) is 48.0 Å². The minimum atomic E-state index is 0.302. The maximum atomic E-state index is 12.8. The quantitative estimate of drug-likeness (QED) is 0.741. The number of halogens is 1. The summed E-state index contributed by atoms with van der Waals surface area (Å²) in [5, 5.41) is 0.793. The molecule has 154 valence electrons. The summed E-state index contributed by atoms with van der Waals surface area (Å²) in [5.41, 5.74) is 2.45. The van der Waals surface area contributed by atoms with Crippen molar-refractivity contribution >= 4 is 23.2 Å². The molecule has 0 spiro atoms. The summed E-state index contributed by atoms with van der Waals surface area (Å²) in [6, 6.07) is 18.9. The molecule has 0 bridgehead atoms. The van der Waals surface area contributed by atoms with Gasteiger partial charge in [-0.2, -0.15) is 0 Å². The Labute approximate surface area is 179 Å². The number of carbonyl (C=O) groups excluding carboxylic acids is 1. The second-order valence-corrected chi connectivity index (χ2v) is 8.56. The number of hydrogen-bond acceptors (Lipinski definition) is 3. The summed E-state index contributed by atoms with van der Waals surface area (Å²) in [7, 11) is 0. The topological polar surface area (TPSA) is 26.8 Å². The van der Waals surface area contributed by atoms with Gasteiger partial charge in [-0.3, -0.25) is 9.69 Å². The summed E-state index contributed by atoms with van der Waals surface area (Å²) >= 11 is 6.15. The van der Waals surface area contributed by atoms with Gasteiger partial charge in [0.1, 0.15) is 0 Å². The molecule has 4 rings (SSSR count). The zero-order valence-electron chi connectivity index (χ0n) is 17.0. The summed E-state index contributed by atoms with van der Waals surface area (Å²) in [6.07, 6.45) is 3.74. The highest BCUT2D eigenvalue weighted by atomic mass is 35.5. The maximum Gasteiger partial charge on any atom is 0.222 e. The van der Waals surface area contributed by atoms with E-state index < -0.39 is 0 Å². The number of anilines is 1. The molecule has 2 aromatic rings. The number of rotatable bonds is 5. The summed E-state index contributed by atoms with van der Waals surface area (Å²) < 4.78 is 0. The van der Waals surface area contributed by atoms with Crippen LogP contribution in [0.15, 0.2) is 54.6 Å². The normalized spacial score (nSPS) is 20.7. The number of hydrogen-bond donors (Lipinski definition) is 0. The number of likely N-dealkylation sites (tertiary alicyclic amines) is 1. The largest absolute Gasteiger partial charge is 0.369 e. The van der Waals surface area contributed by atoms with Gasteiger partial charge < -0.3 is 9.80 Å². The highest BCUT2D eigenvalue weighted by molar-refractivity contribution is 6.30. The minimum Gasteiger partial charge on any atom is -0.369 e. The first-order valence-electron chi connectivity index (χ1n) is 10.8. The van der Waals surface area contributed by atoms with Crippen molar-refractivity contribution in [2.75, 3.05) is 44.2 Å². The zero-order valence-corrected chi connectivity index (χ0v) is 17.7. The van der Waals surface area contributed by atoms with Crippen molar-refractivity contribution in [1.82, 2.24) is 9.80 Å². The van der Waals surface area contributed by atoms with Crippen molar-refractivity contribution in [3.05, 3.63) is 65.2 Å². The van der Waals surface area contributed by atoms with Crippen LogP contribution in [0.25, 0.3) is 0 Å². The molecular formula is C24H30ClN3O. The van der Waals surface area contributed by atoms with E-state index in [2.05, 4.69) is 32.9 Å². The van der Waals surface area contributed by atoms with Gasteiger partial charge in [-0.15, -0.1) is 0 Å². The van der Waals surface area contributed by atoms with Crippen molar-refractivity contribution in [3.63, 3.8) is 0 Å². The third kappa shape index (κ3) is 5.31. The van der Waals surface area contributed by atoms with Gasteiger partial charge >= 0.3 is 0 Å². The zero-order chi connectivity index (χ0) is 20.1. The van der Waals surface area contributed by atoms with E-state index in [0.29, 0.717) is 18.4 Å². The Morgan fingerprint density at radius 1 is 0.966 bits per heavy atom. The van der Waals surface area contributed by atoms with Crippen molar-refractivity contribution < 1.29 is 4.79 Å². The first-order valence-corrected chi connectivity index (χ1v) is 11.1. The Morgan fingerprint density at radius 3 is 2.52 bits per heavy atom. The van der Waals surface area contributed by atoms with E-state index in [1.54, 1.807) is 0 Å². The molecule has 1 atom stereocenters. The summed E-state index contributed by atoms with van der Waals surface area (Å²) in [6.45, 7) is 5.90. The number of benzene rings is 2. The minimum absolute atomic E-state index is 0.302. The molecule has 2 aliphatic rings. The third-order valence-corrected chi connectivity index (χ3v) is 6.46. The molecular weight excluding hydrogens is 382 g/mol. The molecule has 0 saturated carbocycles. The highest BCUT2D eigenvalue weighted by Gasteiger charge is 2.29. The molecule has 0 N–H and O–H groups in total. The number of carbonyl (C=O) groups is 1. The van der Waals surface area contributed by atoms with Crippen molar-refractivity contribution in [2.45, 2.75) is 31.7 Å². The van der Waals surface area contributed by atoms with E-state index in [4.69, 9.17) is 11.6 Å². The monoisotopic (exact) mass is 411 g/mol. The molecule has 0 radical (unpaired) electrons. The lowest BCUT2D eigenvalue weighted by molar-refractivity contribution is -0.133. The van der Waals surface area contributed by atoms with Crippen LogP contribution >= 0.6 is 11.6 Å². The van der Waals surface area contributed by atoms with E-state index in [1.165, 1.54) is 17.7 Å². The van der Waals surface area contributed by atoms with Gasteiger partial charge in [0, 0.05) is 62.4 Å². The lowest BCUT2D eigenvalue weighted by Gasteiger charge is -2.44. The van der Waals surface area contributed by atoms with Crippen LogP contribution in [0.5, 0.6) is 0 Å². The summed E-state index contributed by atoms with van der Waals surface area (Å²) in [5.74, 6) is 0.302. The maximum absolute atomic E-state index is 12.8.